The van der Waals surface area contributed by atoms with Gasteiger partial charge in [-0.15, -0.1) is 0 Å². The molecule has 0 unspecified atom stereocenters. The lowest BCUT2D eigenvalue weighted by molar-refractivity contribution is -0.144. The van der Waals surface area contributed by atoms with Gasteiger partial charge in [0.25, 0.3) is 0 Å². The van der Waals surface area contributed by atoms with Gasteiger partial charge in [0.1, 0.15) is 12.2 Å². The quantitative estimate of drug-likeness (QED) is 0.426. The van der Waals surface area contributed by atoms with Gasteiger partial charge in [-0.2, -0.15) is 0 Å². The van der Waals surface area contributed by atoms with Crippen molar-refractivity contribution in [2.75, 3.05) is 13.2 Å². The van der Waals surface area contributed by atoms with E-state index in [4.69, 9.17) is 14.9 Å². The number of aliphatic hydroxyl groups is 3. The second-order valence-corrected chi connectivity index (χ2v) is 3.21. The molecule has 16 heavy (non-hydrogen) atoms. The minimum Gasteiger partial charge on any atom is -0.452 e. The van der Waals surface area contributed by atoms with Gasteiger partial charge in [-0.1, -0.05) is 18.2 Å². The molecule has 0 saturated heterocycles. The van der Waals surface area contributed by atoms with E-state index in [1.165, 1.54) is 18.2 Å². The standard InChI is InChI=1S/C11H14O5/c12-5-3-1-2-4-8-6-10(9(14)7-13)16-11(8)15/h1-4,6,9-10,12-14H,5,7H2/b3-1+,4-2+/t9-,10+/m1/s1. The van der Waals surface area contributed by atoms with E-state index in [0.29, 0.717) is 5.57 Å². The number of carbonyl (C=O) groups excluding carboxylic acids is 1. The Hall–Kier alpha value is -1.43. The molecule has 1 heterocycles. The van der Waals surface area contributed by atoms with Crippen molar-refractivity contribution in [3.63, 3.8) is 0 Å². The van der Waals surface area contributed by atoms with Gasteiger partial charge < -0.3 is 20.1 Å². The average molecular weight is 226 g/mol. The third-order valence-corrected chi connectivity index (χ3v) is 2.02. The van der Waals surface area contributed by atoms with Crippen LogP contribution in [-0.4, -0.2) is 46.7 Å². The highest BCUT2D eigenvalue weighted by atomic mass is 16.6. The van der Waals surface area contributed by atoms with Crippen LogP contribution in [0.3, 0.4) is 0 Å². The van der Waals surface area contributed by atoms with Gasteiger partial charge in [0.05, 0.1) is 18.8 Å². The van der Waals surface area contributed by atoms with Crippen molar-refractivity contribution in [1.82, 2.24) is 0 Å². The zero-order valence-corrected chi connectivity index (χ0v) is 8.61. The Morgan fingerprint density at radius 1 is 1.44 bits per heavy atom. The van der Waals surface area contributed by atoms with Crippen LogP contribution >= 0.6 is 0 Å². The van der Waals surface area contributed by atoms with Crippen LogP contribution in [-0.2, 0) is 9.53 Å². The number of hydrogen-bond acceptors (Lipinski definition) is 5. The van der Waals surface area contributed by atoms with E-state index in [-0.39, 0.29) is 6.61 Å². The summed E-state index contributed by atoms with van der Waals surface area (Å²) < 4.78 is 4.82. The minimum atomic E-state index is -1.09. The Labute approximate surface area is 93.0 Å². The normalized spacial score (nSPS) is 22.8. The van der Waals surface area contributed by atoms with Gasteiger partial charge in [0.15, 0.2) is 0 Å². The molecule has 5 nitrogen and oxygen atoms in total. The SMILES string of the molecule is O=C1O[C@H]([C@H](O)CO)C=C1/C=C/C=C/CO. The Kier molecular flexibility index (Phi) is 4.91. The molecule has 0 aliphatic carbocycles. The lowest BCUT2D eigenvalue weighted by atomic mass is 10.1. The number of esters is 1. The van der Waals surface area contributed by atoms with Crippen molar-refractivity contribution >= 4 is 5.97 Å². The maximum absolute atomic E-state index is 11.3. The van der Waals surface area contributed by atoms with E-state index in [1.54, 1.807) is 12.2 Å². The average Bonchev–Trinajstić information content (AvgIpc) is 2.65. The van der Waals surface area contributed by atoms with Crippen LogP contribution in [0.2, 0.25) is 0 Å². The molecule has 88 valence electrons. The van der Waals surface area contributed by atoms with Crippen LogP contribution in [0.5, 0.6) is 0 Å². The Balaban J connectivity index is 2.62. The third kappa shape index (κ3) is 3.30. The first kappa shape index (κ1) is 12.6. The number of hydrogen-bond donors (Lipinski definition) is 3. The highest BCUT2D eigenvalue weighted by Crippen LogP contribution is 2.17. The van der Waals surface area contributed by atoms with Crippen molar-refractivity contribution in [2.24, 2.45) is 0 Å². The molecule has 5 heteroatoms. The van der Waals surface area contributed by atoms with Crippen LogP contribution in [0.1, 0.15) is 0 Å². The zero-order chi connectivity index (χ0) is 12.0. The summed E-state index contributed by atoms with van der Waals surface area (Å²) in [5.74, 6) is -0.536. The van der Waals surface area contributed by atoms with Crippen LogP contribution in [0.25, 0.3) is 0 Å². The highest BCUT2D eigenvalue weighted by molar-refractivity contribution is 5.94. The summed E-state index contributed by atoms with van der Waals surface area (Å²) in [6.45, 7) is -0.532. The Bertz CT molecular complexity index is 329. The number of carbonyl (C=O) groups is 1. The maximum Gasteiger partial charge on any atom is 0.338 e. The topological polar surface area (TPSA) is 87.0 Å². The van der Waals surface area contributed by atoms with E-state index in [9.17, 15) is 9.90 Å². The molecule has 0 radical (unpaired) electrons. The molecule has 1 rings (SSSR count). The van der Waals surface area contributed by atoms with Crippen LogP contribution < -0.4 is 0 Å². The first-order valence-electron chi connectivity index (χ1n) is 4.85. The predicted molar refractivity (Wildman–Crippen MR) is 56.4 cm³/mol. The number of aliphatic hydroxyl groups excluding tert-OH is 3. The van der Waals surface area contributed by atoms with E-state index in [1.807, 2.05) is 0 Å². The van der Waals surface area contributed by atoms with Gasteiger partial charge in [0.2, 0.25) is 0 Å². The molecule has 0 aromatic carbocycles. The van der Waals surface area contributed by atoms with Crippen LogP contribution in [0, 0.1) is 0 Å². The summed E-state index contributed by atoms with van der Waals surface area (Å²) in [6.07, 6.45) is 5.76. The Morgan fingerprint density at radius 2 is 2.19 bits per heavy atom. The minimum absolute atomic E-state index is 0.0698. The van der Waals surface area contributed by atoms with E-state index < -0.39 is 24.8 Å². The van der Waals surface area contributed by atoms with Gasteiger partial charge in [-0.3, -0.25) is 0 Å². The van der Waals surface area contributed by atoms with Crippen molar-refractivity contribution in [1.29, 1.82) is 0 Å². The molecule has 0 spiro atoms. The monoisotopic (exact) mass is 226 g/mol. The molecule has 0 amide bonds. The van der Waals surface area contributed by atoms with Crippen molar-refractivity contribution in [3.8, 4) is 0 Å². The fourth-order valence-electron chi connectivity index (χ4n) is 1.19. The van der Waals surface area contributed by atoms with Gasteiger partial charge >= 0.3 is 5.97 Å². The largest absolute Gasteiger partial charge is 0.452 e. The summed E-state index contributed by atoms with van der Waals surface area (Å²) in [7, 11) is 0. The fourth-order valence-corrected chi connectivity index (χ4v) is 1.19. The Morgan fingerprint density at radius 3 is 2.81 bits per heavy atom. The number of allylic oxidation sites excluding steroid dienone is 2. The third-order valence-electron chi connectivity index (χ3n) is 2.02. The summed E-state index contributed by atoms with van der Waals surface area (Å²) in [4.78, 5) is 11.3. The molecule has 1 aliphatic heterocycles. The number of rotatable bonds is 5. The van der Waals surface area contributed by atoms with Gasteiger partial charge in [0, 0.05) is 0 Å². The van der Waals surface area contributed by atoms with Crippen LogP contribution in [0.15, 0.2) is 36.0 Å². The first-order chi connectivity index (χ1) is 7.69. The van der Waals surface area contributed by atoms with Gasteiger partial charge in [-0.05, 0) is 12.2 Å². The second kappa shape index (κ2) is 6.22. The number of cyclic esters (lactones) is 1. The maximum atomic E-state index is 11.3. The number of ether oxygens (including phenoxy) is 1. The predicted octanol–water partition coefficient (Wildman–Crippen LogP) is -0.704. The zero-order valence-electron chi connectivity index (χ0n) is 8.61. The lowest BCUT2D eigenvalue weighted by Gasteiger charge is -2.12. The molecule has 3 N–H and O–H groups in total. The molecular weight excluding hydrogens is 212 g/mol. The molecule has 0 aromatic heterocycles. The van der Waals surface area contributed by atoms with E-state index >= 15 is 0 Å². The summed E-state index contributed by atoms with van der Waals surface area (Å²) >= 11 is 0. The summed E-state index contributed by atoms with van der Waals surface area (Å²) in [5.41, 5.74) is 0.320. The molecule has 2 atom stereocenters. The molecule has 0 saturated carbocycles. The molecule has 1 aliphatic rings. The lowest BCUT2D eigenvalue weighted by Crippen LogP contribution is -2.28. The molecule has 0 fully saturated rings. The van der Waals surface area contributed by atoms with Gasteiger partial charge in [-0.25, -0.2) is 4.79 Å². The van der Waals surface area contributed by atoms with E-state index in [2.05, 4.69) is 0 Å². The second-order valence-electron chi connectivity index (χ2n) is 3.21. The van der Waals surface area contributed by atoms with E-state index in [0.717, 1.165) is 0 Å². The molecule has 0 aromatic rings. The molecule has 0 bridgehead atoms. The summed E-state index contributed by atoms with van der Waals surface area (Å²) in [6, 6.07) is 0. The van der Waals surface area contributed by atoms with Crippen molar-refractivity contribution in [3.05, 3.63) is 36.0 Å². The van der Waals surface area contributed by atoms with Crippen molar-refractivity contribution in [2.45, 2.75) is 12.2 Å². The highest BCUT2D eigenvalue weighted by Gasteiger charge is 2.28. The summed E-state index contributed by atoms with van der Waals surface area (Å²) in [5, 5.41) is 26.4. The first-order valence-corrected chi connectivity index (χ1v) is 4.85. The van der Waals surface area contributed by atoms with Crippen LogP contribution in [0.4, 0.5) is 0 Å². The molecular formula is C11H14O5. The smallest absolute Gasteiger partial charge is 0.338 e. The van der Waals surface area contributed by atoms with Crippen molar-refractivity contribution < 1.29 is 24.9 Å². The fraction of sp³-hybridized carbons (Fsp3) is 0.364.